The molecule has 0 atom stereocenters. The molecule has 1 saturated carbocycles. The molecule has 1 N–H and O–H groups in total. The molecule has 6 heteroatoms. The minimum atomic E-state index is -4.53. The molecule has 4 rings (SSSR count). The van der Waals surface area contributed by atoms with Crippen LogP contribution in [0, 0.1) is 5.92 Å². The second kappa shape index (κ2) is 5.99. The average Bonchev–Trinajstić information content (AvgIpc) is 3.28. The van der Waals surface area contributed by atoms with Gasteiger partial charge in [-0.25, -0.2) is 0 Å². The van der Waals surface area contributed by atoms with E-state index >= 15 is 0 Å². The Hall–Kier alpha value is -2.14. The topological polar surface area (TPSA) is 25.0 Å². The minimum Gasteiger partial charge on any atom is -0.455 e. The molecule has 0 unspecified atom stereocenters. The largest absolute Gasteiger partial charge is 0.455 e. The first kappa shape index (κ1) is 16.3. The zero-order chi connectivity index (χ0) is 17.6. The maximum atomic E-state index is 13.2. The van der Waals surface area contributed by atoms with Crippen molar-refractivity contribution in [1.29, 1.82) is 0 Å². The second-order valence-electron chi connectivity index (χ2n) is 6.39. The van der Waals surface area contributed by atoms with Crippen LogP contribution in [0.25, 0.3) is 10.9 Å². The van der Waals surface area contributed by atoms with Gasteiger partial charge in [-0.2, -0.15) is 13.2 Å². The van der Waals surface area contributed by atoms with E-state index in [-0.39, 0.29) is 10.8 Å². The third kappa shape index (κ3) is 3.33. The third-order valence-corrected chi connectivity index (χ3v) is 4.73. The number of nitrogens with one attached hydrogen (secondary N) is 1. The fraction of sp³-hybridized carbons (Fsp3) is 0.263. The van der Waals surface area contributed by atoms with E-state index in [9.17, 15) is 13.2 Å². The number of rotatable bonds is 4. The number of ether oxygens (including phenoxy) is 1. The molecule has 3 aromatic rings. The molecule has 0 saturated heterocycles. The number of para-hydroxylation sites is 1. The van der Waals surface area contributed by atoms with Gasteiger partial charge >= 0.3 is 6.18 Å². The van der Waals surface area contributed by atoms with Gasteiger partial charge in [0.25, 0.3) is 0 Å². The van der Waals surface area contributed by atoms with Crippen LogP contribution in [-0.2, 0) is 12.6 Å². The lowest BCUT2D eigenvalue weighted by Gasteiger charge is -2.15. The lowest BCUT2D eigenvalue weighted by atomic mass is 10.1. The van der Waals surface area contributed by atoms with Crippen molar-refractivity contribution < 1.29 is 17.9 Å². The zero-order valence-electron chi connectivity index (χ0n) is 13.2. The number of H-pyrrole nitrogens is 1. The van der Waals surface area contributed by atoms with Gasteiger partial charge in [0.05, 0.1) is 10.6 Å². The first-order valence-corrected chi connectivity index (χ1v) is 8.43. The van der Waals surface area contributed by atoms with E-state index in [0.717, 1.165) is 29.0 Å². The third-order valence-electron chi connectivity index (χ3n) is 4.44. The smallest absolute Gasteiger partial charge is 0.420 e. The Bertz CT molecular complexity index is 928. The summed E-state index contributed by atoms with van der Waals surface area (Å²) in [4.78, 5) is 3.20. The molecule has 1 fully saturated rings. The maximum absolute atomic E-state index is 13.2. The van der Waals surface area contributed by atoms with Crippen LogP contribution in [0.4, 0.5) is 13.2 Å². The normalized spacial score (nSPS) is 14.9. The lowest BCUT2D eigenvalue weighted by molar-refractivity contribution is -0.138. The van der Waals surface area contributed by atoms with Gasteiger partial charge < -0.3 is 9.72 Å². The minimum absolute atomic E-state index is 0.0674. The van der Waals surface area contributed by atoms with Crippen molar-refractivity contribution in [2.45, 2.75) is 25.4 Å². The van der Waals surface area contributed by atoms with Crippen LogP contribution in [0.2, 0.25) is 5.02 Å². The Morgan fingerprint density at radius 2 is 1.96 bits per heavy atom. The molecule has 0 spiro atoms. The highest BCUT2D eigenvalue weighted by molar-refractivity contribution is 6.32. The van der Waals surface area contributed by atoms with Gasteiger partial charge in [0.2, 0.25) is 0 Å². The summed E-state index contributed by atoms with van der Waals surface area (Å²) in [5, 5.41) is 0.909. The van der Waals surface area contributed by atoms with Crippen LogP contribution in [0.15, 0.2) is 42.6 Å². The predicted molar refractivity (Wildman–Crippen MR) is 91.3 cm³/mol. The highest BCUT2D eigenvalue weighted by Crippen LogP contribution is 2.42. The van der Waals surface area contributed by atoms with Crippen LogP contribution in [-0.4, -0.2) is 4.98 Å². The highest BCUT2D eigenvalue weighted by atomic mass is 35.5. The molecule has 1 aliphatic rings. The molecule has 1 heterocycles. The SMILES string of the molecule is FC(F)(F)c1cccc(Cl)c1Oc1ccc2[nH]cc(CC3CC3)c2c1. The molecule has 1 aliphatic carbocycles. The lowest BCUT2D eigenvalue weighted by Crippen LogP contribution is -2.07. The van der Waals surface area contributed by atoms with E-state index in [4.69, 9.17) is 16.3 Å². The monoisotopic (exact) mass is 365 g/mol. The van der Waals surface area contributed by atoms with Gasteiger partial charge in [-0.1, -0.05) is 17.7 Å². The molecule has 2 nitrogen and oxygen atoms in total. The Kier molecular flexibility index (Phi) is 3.91. The standard InChI is InChI=1S/C19H15ClF3NO/c20-16-3-1-2-15(19(21,22)23)18(16)25-13-6-7-17-14(9-13)12(10-24-17)8-11-4-5-11/h1-3,6-7,9-11,24H,4-5,8H2. The predicted octanol–water partition coefficient (Wildman–Crippen LogP) is 6.58. The van der Waals surface area contributed by atoms with E-state index in [0.29, 0.717) is 11.7 Å². The summed E-state index contributed by atoms with van der Waals surface area (Å²) in [7, 11) is 0. The molecule has 0 amide bonds. The summed E-state index contributed by atoms with van der Waals surface area (Å²) in [5.41, 5.74) is 1.23. The summed E-state index contributed by atoms with van der Waals surface area (Å²) in [6.45, 7) is 0. The summed E-state index contributed by atoms with van der Waals surface area (Å²) in [6.07, 6.45) is 0.872. The van der Waals surface area contributed by atoms with Crippen LogP contribution >= 0.6 is 11.6 Å². The second-order valence-corrected chi connectivity index (χ2v) is 6.79. The summed E-state index contributed by atoms with van der Waals surface area (Å²) in [6, 6.07) is 8.84. The van der Waals surface area contributed by atoms with Gasteiger partial charge in [0.1, 0.15) is 5.75 Å². The Morgan fingerprint density at radius 3 is 2.68 bits per heavy atom. The fourth-order valence-corrected chi connectivity index (χ4v) is 3.19. The van der Waals surface area contributed by atoms with Crippen LogP contribution in [0.3, 0.4) is 0 Å². The van der Waals surface area contributed by atoms with Gasteiger partial charge in [0, 0.05) is 17.1 Å². The van der Waals surface area contributed by atoms with Crippen molar-refractivity contribution in [3.05, 3.63) is 58.7 Å². The maximum Gasteiger partial charge on any atom is 0.420 e. The van der Waals surface area contributed by atoms with Crippen molar-refractivity contribution in [2.24, 2.45) is 5.92 Å². The van der Waals surface area contributed by atoms with Crippen molar-refractivity contribution in [3.8, 4) is 11.5 Å². The Morgan fingerprint density at radius 1 is 1.16 bits per heavy atom. The quantitative estimate of drug-likeness (QED) is 0.554. The average molecular weight is 366 g/mol. The molecule has 2 aromatic carbocycles. The van der Waals surface area contributed by atoms with Crippen LogP contribution in [0.5, 0.6) is 11.5 Å². The van der Waals surface area contributed by atoms with Crippen molar-refractivity contribution >= 4 is 22.5 Å². The van der Waals surface area contributed by atoms with Crippen LogP contribution < -0.4 is 4.74 Å². The number of aromatic nitrogens is 1. The number of hydrogen-bond acceptors (Lipinski definition) is 1. The van der Waals surface area contributed by atoms with Crippen LogP contribution in [0.1, 0.15) is 24.0 Å². The van der Waals surface area contributed by atoms with E-state index in [1.807, 2.05) is 12.3 Å². The van der Waals surface area contributed by atoms with E-state index in [1.54, 1.807) is 12.1 Å². The van der Waals surface area contributed by atoms with Gasteiger partial charge in [-0.3, -0.25) is 0 Å². The molecule has 0 aliphatic heterocycles. The van der Waals surface area contributed by atoms with Gasteiger partial charge in [0.15, 0.2) is 5.75 Å². The van der Waals surface area contributed by atoms with Crippen molar-refractivity contribution in [2.75, 3.05) is 0 Å². The molecular weight excluding hydrogens is 351 g/mol. The summed E-state index contributed by atoms with van der Waals surface area (Å²) < 4.78 is 45.2. The van der Waals surface area contributed by atoms with E-state index in [1.165, 1.54) is 25.0 Å². The molecule has 130 valence electrons. The number of alkyl halides is 3. The first-order chi connectivity index (χ1) is 11.9. The van der Waals surface area contributed by atoms with Crippen molar-refractivity contribution in [3.63, 3.8) is 0 Å². The first-order valence-electron chi connectivity index (χ1n) is 8.05. The molecule has 1 aromatic heterocycles. The molecule has 0 bridgehead atoms. The molecule has 0 radical (unpaired) electrons. The Balaban J connectivity index is 1.71. The Labute approximate surface area is 147 Å². The highest BCUT2D eigenvalue weighted by Gasteiger charge is 2.35. The zero-order valence-corrected chi connectivity index (χ0v) is 13.9. The number of benzene rings is 2. The summed E-state index contributed by atoms with van der Waals surface area (Å²) in [5.74, 6) is 0.682. The fourth-order valence-electron chi connectivity index (χ4n) is 2.98. The number of fused-ring (bicyclic) bond motifs is 1. The number of hydrogen-bond donors (Lipinski definition) is 1. The molecule has 25 heavy (non-hydrogen) atoms. The summed E-state index contributed by atoms with van der Waals surface area (Å²) >= 11 is 5.96. The number of aromatic amines is 1. The van der Waals surface area contributed by atoms with E-state index < -0.39 is 11.7 Å². The van der Waals surface area contributed by atoms with E-state index in [2.05, 4.69) is 4.98 Å². The molecular formula is C19H15ClF3NO. The van der Waals surface area contributed by atoms with Gasteiger partial charge in [-0.15, -0.1) is 0 Å². The van der Waals surface area contributed by atoms with Crippen molar-refractivity contribution in [1.82, 2.24) is 4.98 Å². The van der Waals surface area contributed by atoms with Gasteiger partial charge in [-0.05, 0) is 61.1 Å². The number of halogens is 4.